The van der Waals surface area contributed by atoms with Crippen LogP contribution in [0.15, 0.2) is 12.7 Å². The second kappa shape index (κ2) is 6.05. The predicted octanol–water partition coefficient (Wildman–Crippen LogP) is 0.887. The van der Waals surface area contributed by atoms with Crippen LogP contribution in [-0.4, -0.2) is 31.9 Å². The molecule has 1 atom stereocenters. The highest BCUT2D eigenvalue weighted by Gasteiger charge is 2.18. The van der Waals surface area contributed by atoms with Gasteiger partial charge in [0.25, 0.3) is 0 Å². The molecule has 0 heterocycles. The van der Waals surface area contributed by atoms with E-state index in [0.29, 0.717) is 0 Å². The summed E-state index contributed by atoms with van der Waals surface area (Å²) in [5, 5.41) is 0. The summed E-state index contributed by atoms with van der Waals surface area (Å²) in [5.41, 5.74) is 0. The highest BCUT2D eigenvalue weighted by Crippen LogP contribution is 1.96. The first-order valence-corrected chi connectivity index (χ1v) is 3.64. The molecule has 0 radical (unpaired) electrons. The van der Waals surface area contributed by atoms with E-state index in [-0.39, 0.29) is 6.61 Å². The fourth-order valence-corrected chi connectivity index (χ4v) is 0.519. The second-order valence-corrected chi connectivity index (χ2v) is 2.13. The third-order valence-electron chi connectivity index (χ3n) is 1.13. The van der Waals surface area contributed by atoms with Crippen molar-refractivity contribution in [3.05, 3.63) is 12.7 Å². The Kier molecular flexibility index (Phi) is 5.34. The van der Waals surface area contributed by atoms with Crippen molar-refractivity contribution in [2.75, 3.05) is 13.7 Å². The lowest BCUT2D eigenvalue weighted by Crippen LogP contribution is -2.25. The standard InChI is InChI=1S/C8H12O5/c1-4-5-12-8(10)13-6(2)7(9)11-3/h4,6H,1,5H2,2-3H3. The summed E-state index contributed by atoms with van der Waals surface area (Å²) >= 11 is 0. The van der Waals surface area contributed by atoms with E-state index in [1.807, 2.05) is 0 Å². The summed E-state index contributed by atoms with van der Waals surface area (Å²) in [5.74, 6) is -0.629. The Labute approximate surface area is 76.3 Å². The molecule has 0 rings (SSSR count). The number of hydrogen-bond acceptors (Lipinski definition) is 5. The molecule has 0 aliphatic carbocycles. The topological polar surface area (TPSA) is 61.8 Å². The molecule has 0 saturated heterocycles. The molecule has 13 heavy (non-hydrogen) atoms. The van der Waals surface area contributed by atoms with E-state index in [1.54, 1.807) is 0 Å². The zero-order valence-corrected chi connectivity index (χ0v) is 7.61. The molecule has 0 saturated carbocycles. The van der Waals surface area contributed by atoms with Gasteiger partial charge in [0, 0.05) is 0 Å². The van der Waals surface area contributed by atoms with Gasteiger partial charge in [-0.25, -0.2) is 9.59 Å². The van der Waals surface area contributed by atoms with Crippen molar-refractivity contribution in [3.8, 4) is 0 Å². The number of rotatable bonds is 4. The van der Waals surface area contributed by atoms with Gasteiger partial charge >= 0.3 is 12.1 Å². The maximum Gasteiger partial charge on any atom is 0.509 e. The van der Waals surface area contributed by atoms with E-state index in [4.69, 9.17) is 0 Å². The first-order chi connectivity index (χ1) is 6.11. The number of carbonyl (C=O) groups is 2. The summed E-state index contributed by atoms with van der Waals surface area (Å²) in [6.07, 6.45) is -0.482. The molecule has 5 nitrogen and oxygen atoms in total. The second-order valence-electron chi connectivity index (χ2n) is 2.13. The summed E-state index contributed by atoms with van der Waals surface area (Å²) in [6, 6.07) is 0. The van der Waals surface area contributed by atoms with Crippen molar-refractivity contribution in [1.29, 1.82) is 0 Å². The first kappa shape index (κ1) is 11.5. The SMILES string of the molecule is C=CCOC(=O)OC(C)C(=O)OC. The van der Waals surface area contributed by atoms with Crippen LogP contribution in [0.1, 0.15) is 6.92 Å². The molecular weight excluding hydrogens is 176 g/mol. The molecule has 0 aromatic heterocycles. The van der Waals surface area contributed by atoms with Crippen molar-refractivity contribution in [3.63, 3.8) is 0 Å². The summed E-state index contributed by atoms with van der Waals surface area (Å²) in [4.78, 5) is 21.5. The van der Waals surface area contributed by atoms with E-state index in [0.717, 1.165) is 0 Å². The Morgan fingerprint density at radius 3 is 2.62 bits per heavy atom. The molecule has 0 spiro atoms. The normalized spacial score (nSPS) is 11.2. The van der Waals surface area contributed by atoms with Crippen molar-refractivity contribution in [2.45, 2.75) is 13.0 Å². The van der Waals surface area contributed by atoms with Crippen LogP contribution in [0, 0.1) is 0 Å². The molecular formula is C8H12O5. The van der Waals surface area contributed by atoms with Crippen molar-refractivity contribution < 1.29 is 23.8 Å². The minimum absolute atomic E-state index is 0.0483. The Morgan fingerprint density at radius 1 is 1.54 bits per heavy atom. The van der Waals surface area contributed by atoms with Gasteiger partial charge in [0.2, 0.25) is 0 Å². The minimum atomic E-state index is -0.956. The molecule has 0 amide bonds. The quantitative estimate of drug-likeness (QED) is 0.484. The van der Waals surface area contributed by atoms with Crippen LogP contribution in [0.25, 0.3) is 0 Å². The van der Waals surface area contributed by atoms with Gasteiger partial charge < -0.3 is 14.2 Å². The lowest BCUT2D eigenvalue weighted by Gasteiger charge is -2.09. The van der Waals surface area contributed by atoms with E-state index < -0.39 is 18.2 Å². The molecule has 0 fully saturated rings. The Hall–Kier alpha value is -1.52. The van der Waals surface area contributed by atoms with Crippen LogP contribution in [-0.2, 0) is 19.0 Å². The highest BCUT2D eigenvalue weighted by atomic mass is 16.7. The number of esters is 1. The number of methoxy groups -OCH3 is 1. The average molecular weight is 188 g/mol. The van der Waals surface area contributed by atoms with Gasteiger partial charge in [-0.3, -0.25) is 0 Å². The third-order valence-corrected chi connectivity index (χ3v) is 1.13. The van der Waals surface area contributed by atoms with Crippen LogP contribution >= 0.6 is 0 Å². The number of ether oxygens (including phenoxy) is 3. The van der Waals surface area contributed by atoms with Crippen LogP contribution in [0.3, 0.4) is 0 Å². The van der Waals surface area contributed by atoms with Gasteiger partial charge in [0.1, 0.15) is 6.61 Å². The Morgan fingerprint density at radius 2 is 2.15 bits per heavy atom. The van der Waals surface area contributed by atoms with Crippen LogP contribution in [0.5, 0.6) is 0 Å². The maximum absolute atomic E-state index is 10.7. The van der Waals surface area contributed by atoms with Crippen LogP contribution < -0.4 is 0 Å². The van der Waals surface area contributed by atoms with E-state index in [9.17, 15) is 9.59 Å². The first-order valence-electron chi connectivity index (χ1n) is 3.64. The van der Waals surface area contributed by atoms with Crippen LogP contribution in [0.2, 0.25) is 0 Å². The molecule has 0 bridgehead atoms. The zero-order valence-electron chi connectivity index (χ0n) is 7.61. The average Bonchev–Trinajstić information content (AvgIpc) is 2.13. The van der Waals surface area contributed by atoms with Gasteiger partial charge in [-0.1, -0.05) is 12.7 Å². The molecule has 0 aromatic rings. The fourth-order valence-electron chi connectivity index (χ4n) is 0.519. The molecule has 74 valence electrons. The maximum atomic E-state index is 10.7. The smallest absolute Gasteiger partial charge is 0.466 e. The minimum Gasteiger partial charge on any atom is -0.466 e. The Balaban J connectivity index is 3.77. The predicted molar refractivity (Wildman–Crippen MR) is 44.1 cm³/mol. The van der Waals surface area contributed by atoms with Gasteiger partial charge in [-0.2, -0.15) is 0 Å². The molecule has 0 aliphatic heterocycles. The van der Waals surface area contributed by atoms with E-state index in [2.05, 4.69) is 20.8 Å². The molecule has 0 N–H and O–H groups in total. The van der Waals surface area contributed by atoms with Gasteiger partial charge in [-0.15, -0.1) is 0 Å². The van der Waals surface area contributed by atoms with Crippen molar-refractivity contribution in [1.82, 2.24) is 0 Å². The van der Waals surface area contributed by atoms with Crippen molar-refractivity contribution in [2.24, 2.45) is 0 Å². The molecule has 0 aliphatic rings. The monoisotopic (exact) mass is 188 g/mol. The molecule has 5 heteroatoms. The highest BCUT2D eigenvalue weighted by molar-refractivity contribution is 5.76. The summed E-state index contributed by atoms with van der Waals surface area (Å²) < 4.78 is 13.3. The van der Waals surface area contributed by atoms with Crippen molar-refractivity contribution >= 4 is 12.1 Å². The van der Waals surface area contributed by atoms with E-state index >= 15 is 0 Å². The fraction of sp³-hybridized carbons (Fsp3) is 0.500. The summed E-state index contributed by atoms with van der Waals surface area (Å²) in [7, 11) is 1.21. The Bertz CT molecular complexity index is 199. The number of hydrogen-bond donors (Lipinski definition) is 0. The van der Waals surface area contributed by atoms with Gasteiger partial charge in [0.05, 0.1) is 7.11 Å². The lowest BCUT2D eigenvalue weighted by atomic mass is 10.4. The van der Waals surface area contributed by atoms with E-state index in [1.165, 1.54) is 20.1 Å². The zero-order chi connectivity index (χ0) is 10.3. The number of carbonyl (C=O) groups excluding carboxylic acids is 2. The lowest BCUT2D eigenvalue weighted by molar-refractivity contribution is -0.150. The van der Waals surface area contributed by atoms with Crippen LogP contribution in [0.4, 0.5) is 4.79 Å². The molecule has 1 unspecified atom stereocenters. The van der Waals surface area contributed by atoms with Gasteiger partial charge in [-0.05, 0) is 6.92 Å². The van der Waals surface area contributed by atoms with Gasteiger partial charge in [0.15, 0.2) is 6.10 Å². The summed E-state index contributed by atoms with van der Waals surface area (Å²) in [6.45, 7) is 4.78. The third kappa shape index (κ3) is 4.84. The molecule has 0 aromatic carbocycles. The largest absolute Gasteiger partial charge is 0.509 e.